The minimum atomic E-state index is -0.163. The van der Waals surface area contributed by atoms with Gasteiger partial charge < -0.3 is 15.6 Å². The Morgan fingerprint density at radius 1 is 1.59 bits per heavy atom. The van der Waals surface area contributed by atoms with Crippen LogP contribution in [0.5, 0.6) is 0 Å². The third-order valence-corrected chi connectivity index (χ3v) is 3.33. The summed E-state index contributed by atoms with van der Waals surface area (Å²) in [4.78, 5) is 18.8. The maximum absolute atomic E-state index is 11.8. The number of rotatable bonds is 5. The number of H-pyrrole nitrogens is 1. The first-order chi connectivity index (χ1) is 8.29. The zero-order valence-electron chi connectivity index (χ0n) is 10.2. The van der Waals surface area contributed by atoms with E-state index in [1.54, 1.807) is 19.6 Å². The molecule has 1 fully saturated rings. The van der Waals surface area contributed by atoms with Gasteiger partial charge in [0.2, 0.25) is 5.91 Å². The van der Waals surface area contributed by atoms with Crippen LogP contribution in [0.2, 0.25) is 0 Å². The van der Waals surface area contributed by atoms with E-state index in [1.165, 1.54) is 25.7 Å². The van der Waals surface area contributed by atoms with Crippen molar-refractivity contribution in [1.82, 2.24) is 20.6 Å². The van der Waals surface area contributed by atoms with Crippen LogP contribution in [0.15, 0.2) is 12.5 Å². The van der Waals surface area contributed by atoms with E-state index in [9.17, 15) is 4.79 Å². The molecule has 1 aliphatic rings. The fourth-order valence-corrected chi connectivity index (χ4v) is 2.39. The van der Waals surface area contributed by atoms with Crippen molar-refractivity contribution in [3.63, 3.8) is 0 Å². The molecule has 1 saturated carbocycles. The summed E-state index contributed by atoms with van der Waals surface area (Å²) in [6, 6.07) is 0.323. The molecule has 94 valence electrons. The van der Waals surface area contributed by atoms with Crippen molar-refractivity contribution < 1.29 is 4.79 Å². The van der Waals surface area contributed by atoms with Crippen LogP contribution in [0.1, 0.15) is 31.4 Å². The molecule has 1 amide bonds. The zero-order chi connectivity index (χ0) is 12.1. The van der Waals surface area contributed by atoms with Crippen LogP contribution in [-0.4, -0.2) is 35.0 Å². The van der Waals surface area contributed by atoms with Gasteiger partial charge in [0.1, 0.15) is 0 Å². The van der Waals surface area contributed by atoms with Crippen molar-refractivity contribution in [2.24, 2.45) is 0 Å². The van der Waals surface area contributed by atoms with Gasteiger partial charge in [-0.2, -0.15) is 0 Å². The molecule has 5 nitrogen and oxygen atoms in total. The Kier molecular flexibility index (Phi) is 4.14. The monoisotopic (exact) mass is 236 g/mol. The van der Waals surface area contributed by atoms with Crippen molar-refractivity contribution in [2.75, 3.05) is 7.05 Å². The van der Waals surface area contributed by atoms with E-state index in [0.29, 0.717) is 12.5 Å². The Morgan fingerprint density at radius 3 is 2.94 bits per heavy atom. The molecular weight excluding hydrogens is 216 g/mol. The van der Waals surface area contributed by atoms with E-state index in [2.05, 4.69) is 20.6 Å². The molecule has 0 radical (unpaired) electrons. The van der Waals surface area contributed by atoms with Crippen LogP contribution >= 0.6 is 0 Å². The summed E-state index contributed by atoms with van der Waals surface area (Å²) in [7, 11) is 1.68. The van der Waals surface area contributed by atoms with Crippen molar-refractivity contribution in [2.45, 2.75) is 44.2 Å². The van der Waals surface area contributed by atoms with Gasteiger partial charge in [-0.1, -0.05) is 12.8 Å². The van der Waals surface area contributed by atoms with Gasteiger partial charge in [0.05, 0.1) is 12.4 Å². The third kappa shape index (κ3) is 3.30. The molecule has 0 spiro atoms. The molecule has 0 aliphatic heterocycles. The standard InChI is InChI=1S/C12H20N4O/c1-13-12(17)11(6-10-7-14-8-15-10)16-9-4-2-3-5-9/h7-9,11,16H,2-6H2,1H3,(H,13,17)(H,14,15)/t11-/m0/s1. The molecule has 0 aromatic carbocycles. The second-order valence-corrected chi connectivity index (χ2v) is 4.60. The van der Waals surface area contributed by atoms with Crippen molar-refractivity contribution in [3.8, 4) is 0 Å². The van der Waals surface area contributed by atoms with Crippen LogP contribution in [0.3, 0.4) is 0 Å². The third-order valence-electron chi connectivity index (χ3n) is 3.33. The molecule has 1 aromatic heterocycles. The SMILES string of the molecule is CNC(=O)[C@H](Cc1cnc[nH]1)NC1CCCC1. The van der Waals surface area contributed by atoms with Crippen molar-refractivity contribution in [1.29, 1.82) is 0 Å². The summed E-state index contributed by atoms with van der Waals surface area (Å²) in [6.07, 6.45) is 8.96. The van der Waals surface area contributed by atoms with Crippen LogP contribution in [-0.2, 0) is 11.2 Å². The summed E-state index contributed by atoms with van der Waals surface area (Å²) in [5.74, 6) is 0.0477. The lowest BCUT2D eigenvalue weighted by atomic mass is 10.1. The molecule has 5 heteroatoms. The molecule has 0 saturated heterocycles. The number of carbonyl (C=O) groups excluding carboxylic acids is 1. The van der Waals surface area contributed by atoms with E-state index in [-0.39, 0.29) is 11.9 Å². The smallest absolute Gasteiger partial charge is 0.237 e. The predicted octanol–water partition coefficient (Wildman–Crippen LogP) is 0.599. The molecule has 17 heavy (non-hydrogen) atoms. The number of likely N-dealkylation sites (N-methyl/N-ethyl adjacent to an activating group) is 1. The minimum absolute atomic E-state index is 0.0477. The van der Waals surface area contributed by atoms with E-state index in [0.717, 1.165) is 5.69 Å². The van der Waals surface area contributed by atoms with Crippen LogP contribution in [0.4, 0.5) is 0 Å². The molecule has 0 unspecified atom stereocenters. The van der Waals surface area contributed by atoms with Gasteiger partial charge in [-0.05, 0) is 12.8 Å². The van der Waals surface area contributed by atoms with Gasteiger partial charge in [0.15, 0.2) is 0 Å². The Bertz CT molecular complexity index is 343. The molecule has 1 atom stereocenters. The maximum Gasteiger partial charge on any atom is 0.237 e. The Morgan fingerprint density at radius 2 is 2.35 bits per heavy atom. The highest BCUT2D eigenvalue weighted by Crippen LogP contribution is 2.18. The van der Waals surface area contributed by atoms with Crippen molar-refractivity contribution in [3.05, 3.63) is 18.2 Å². The molecular formula is C12H20N4O. The Balaban J connectivity index is 1.94. The normalized spacial score (nSPS) is 18.2. The summed E-state index contributed by atoms with van der Waals surface area (Å²) in [6.45, 7) is 0. The highest BCUT2D eigenvalue weighted by Gasteiger charge is 2.24. The van der Waals surface area contributed by atoms with E-state index in [1.807, 2.05) is 0 Å². The summed E-state index contributed by atoms with van der Waals surface area (Å²) in [5, 5.41) is 6.16. The zero-order valence-corrected chi connectivity index (χ0v) is 10.2. The average molecular weight is 236 g/mol. The number of nitrogens with zero attached hydrogens (tertiary/aromatic N) is 1. The highest BCUT2D eigenvalue weighted by molar-refractivity contribution is 5.81. The van der Waals surface area contributed by atoms with E-state index >= 15 is 0 Å². The van der Waals surface area contributed by atoms with Gasteiger partial charge in [-0.3, -0.25) is 4.79 Å². The van der Waals surface area contributed by atoms with Gasteiger partial charge in [0, 0.05) is 31.4 Å². The number of hydrogen-bond acceptors (Lipinski definition) is 3. The number of amides is 1. The second kappa shape index (κ2) is 5.82. The maximum atomic E-state index is 11.8. The largest absolute Gasteiger partial charge is 0.358 e. The van der Waals surface area contributed by atoms with Crippen LogP contribution < -0.4 is 10.6 Å². The van der Waals surface area contributed by atoms with Gasteiger partial charge in [-0.15, -0.1) is 0 Å². The van der Waals surface area contributed by atoms with Crippen LogP contribution in [0, 0.1) is 0 Å². The summed E-state index contributed by atoms with van der Waals surface area (Å²) < 4.78 is 0. The van der Waals surface area contributed by atoms with Gasteiger partial charge in [0.25, 0.3) is 0 Å². The van der Waals surface area contributed by atoms with E-state index in [4.69, 9.17) is 0 Å². The first kappa shape index (κ1) is 12.1. The lowest BCUT2D eigenvalue weighted by Gasteiger charge is -2.21. The number of aromatic amines is 1. The Labute approximate surface area is 101 Å². The molecule has 3 N–H and O–H groups in total. The first-order valence-electron chi connectivity index (χ1n) is 6.24. The molecule has 1 aromatic rings. The number of hydrogen-bond donors (Lipinski definition) is 3. The molecule has 1 aliphatic carbocycles. The van der Waals surface area contributed by atoms with Gasteiger partial charge in [-0.25, -0.2) is 4.98 Å². The molecule has 2 rings (SSSR count). The number of nitrogens with one attached hydrogen (secondary N) is 3. The fraction of sp³-hybridized carbons (Fsp3) is 0.667. The quantitative estimate of drug-likeness (QED) is 0.701. The molecule has 0 bridgehead atoms. The highest BCUT2D eigenvalue weighted by atomic mass is 16.2. The van der Waals surface area contributed by atoms with Crippen molar-refractivity contribution >= 4 is 5.91 Å². The lowest BCUT2D eigenvalue weighted by molar-refractivity contribution is -0.122. The van der Waals surface area contributed by atoms with Gasteiger partial charge >= 0.3 is 0 Å². The minimum Gasteiger partial charge on any atom is -0.358 e. The summed E-state index contributed by atoms with van der Waals surface area (Å²) >= 11 is 0. The van der Waals surface area contributed by atoms with E-state index < -0.39 is 0 Å². The number of carbonyl (C=O) groups is 1. The number of aromatic nitrogens is 2. The number of imidazole rings is 1. The Hall–Kier alpha value is -1.36. The fourth-order valence-electron chi connectivity index (χ4n) is 2.39. The topological polar surface area (TPSA) is 69.8 Å². The van der Waals surface area contributed by atoms with Crippen LogP contribution in [0.25, 0.3) is 0 Å². The summed E-state index contributed by atoms with van der Waals surface area (Å²) in [5.41, 5.74) is 0.990. The second-order valence-electron chi connectivity index (χ2n) is 4.60. The predicted molar refractivity (Wildman–Crippen MR) is 65.5 cm³/mol. The lowest BCUT2D eigenvalue weighted by Crippen LogP contribution is -2.48. The molecule has 1 heterocycles. The first-order valence-corrected chi connectivity index (χ1v) is 6.24. The average Bonchev–Trinajstić information content (AvgIpc) is 3.00.